The summed E-state index contributed by atoms with van der Waals surface area (Å²) in [6, 6.07) is 14.2. The fourth-order valence-electron chi connectivity index (χ4n) is 2.68. The van der Waals surface area contributed by atoms with Crippen LogP contribution in [0.25, 0.3) is 0 Å². The third-order valence-electron chi connectivity index (χ3n) is 3.72. The Morgan fingerprint density at radius 2 is 2.14 bits per heavy atom. The number of likely N-dealkylation sites (tertiary alicyclic amines) is 1. The molecular weight excluding hydrogens is 292 g/mol. The molecule has 112 valence electrons. The van der Waals surface area contributed by atoms with Gasteiger partial charge in [0.15, 0.2) is 0 Å². The predicted octanol–water partition coefficient (Wildman–Crippen LogP) is 3.65. The average Bonchev–Trinajstić information content (AvgIpc) is 3.22. The van der Waals surface area contributed by atoms with Gasteiger partial charge in [-0.2, -0.15) is 0 Å². The Balaban J connectivity index is 1.55. The second-order valence-electron chi connectivity index (χ2n) is 5.19. The summed E-state index contributed by atoms with van der Waals surface area (Å²) in [5, 5.41) is 4.97. The second kappa shape index (κ2) is 7.15. The molecule has 1 atom stereocenters. The molecule has 1 aromatic heterocycles. The highest BCUT2D eigenvalue weighted by molar-refractivity contribution is 7.10. The molecule has 3 rings (SSSR count). The minimum Gasteiger partial charge on any atom is -0.327 e. The van der Waals surface area contributed by atoms with Crippen LogP contribution in [0.4, 0.5) is 4.79 Å². The highest BCUT2D eigenvalue weighted by Crippen LogP contribution is 2.34. The first-order valence-corrected chi connectivity index (χ1v) is 8.34. The number of benzene rings is 1. The number of carbonyl (C=O) groups excluding carboxylic acids is 1. The smallest absolute Gasteiger partial charge is 0.318 e. The molecular formula is C18H18N2OS. The van der Waals surface area contributed by atoms with Crippen LogP contribution >= 0.6 is 11.3 Å². The lowest BCUT2D eigenvalue weighted by molar-refractivity contribution is 0.195. The third-order valence-corrected chi connectivity index (χ3v) is 4.69. The maximum atomic E-state index is 12.3. The van der Waals surface area contributed by atoms with Crippen LogP contribution in [-0.4, -0.2) is 24.0 Å². The first-order chi connectivity index (χ1) is 10.8. The van der Waals surface area contributed by atoms with Crippen LogP contribution in [0.1, 0.15) is 29.3 Å². The number of nitrogens with zero attached hydrogens (tertiary/aromatic N) is 1. The molecule has 3 nitrogen and oxygen atoms in total. The van der Waals surface area contributed by atoms with Gasteiger partial charge in [-0.1, -0.05) is 36.1 Å². The van der Waals surface area contributed by atoms with Gasteiger partial charge in [-0.25, -0.2) is 4.79 Å². The van der Waals surface area contributed by atoms with Crippen molar-refractivity contribution in [3.63, 3.8) is 0 Å². The summed E-state index contributed by atoms with van der Waals surface area (Å²) in [5.41, 5.74) is 0.967. The van der Waals surface area contributed by atoms with Gasteiger partial charge in [0.1, 0.15) is 0 Å². The van der Waals surface area contributed by atoms with E-state index in [-0.39, 0.29) is 12.1 Å². The monoisotopic (exact) mass is 310 g/mol. The van der Waals surface area contributed by atoms with E-state index in [1.54, 1.807) is 11.3 Å². The van der Waals surface area contributed by atoms with Crippen molar-refractivity contribution in [2.24, 2.45) is 0 Å². The lowest BCUT2D eigenvalue weighted by Crippen LogP contribution is -2.39. The van der Waals surface area contributed by atoms with Crippen LogP contribution in [0.5, 0.6) is 0 Å². The summed E-state index contributed by atoms with van der Waals surface area (Å²) in [6.45, 7) is 1.20. The fraction of sp³-hybridized carbons (Fsp3) is 0.278. The fourth-order valence-corrected chi connectivity index (χ4v) is 3.55. The average molecular weight is 310 g/mol. The number of urea groups is 1. The highest BCUT2D eigenvalue weighted by Gasteiger charge is 2.30. The number of hydrogen-bond donors (Lipinski definition) is 1. The van der Waals surface area contributed by atoms with Crippen molar-refractivity contribution < 1.29 is 4.79 Å². The van der Waals surface area contributed by atoms with Gasteiger partial charge in [0.25, 0.3) is 0 Å². The van der Waals surface area contributed by atoms with E-state index in [9.17, 15) is 4.79 Å². The van der Waals surface area contributed by atoms with E-state index in [0.29, 0.717) is 6.54 Å². The van der Waals surface area contributed by atoms with E-state index in [4.69, 9.17) is 0 Å². The van der Waals surface area contributed by atoms with Crippen molar-refractivity contribution in [2.45, 2.75) is 18.9 Å². The molecule has 0 saturated carbocycles. The maximum absolute atomic E-state index is 12.3. The normalized spacial score (nSPS) is 16.9. The van der Waals surface area contributed by atoms with E-state index < -0.39 is 0 Å². The third kappa shape index (κ3) is 3.49. The first-order valence-electron chi connectivity index (χ1n) is 7.46. The summed E-state index contributed by atoms with van der Waals surface area (Å²) in [6.07, 6.45) is 2.11. The van der Waals surface area contributed by atoms with Gasteiger partial charge in [0.2, 0.25) is 0 Å². The van der Waals surface area contributed by atoms with Gasteiger partial charge < -0.3 is 10.2 Å². The Kier molecular flexibility index (Phi) is 4.77. The first kappa shape index (κ1) is 14.7. The van der Waals surface area contributed by atoms with Crippen LogP contribution in [0.3, 0.4) is 0 Å². The van der Waals surface area contributed by atoms with Gasteiger partial charge in [0, 0.05) is 17.0 Å². The van der Waals surface area contributed by atoms with E-state index in [2.05, 4.69) is 28.6 Å². The van der Waals surface area contributed by atoms with Gasteiger partial charge in [-0.15, -0.1) is 11.3 Å². The number of rotatable bonds is 2. The van der Waals surface area contributed by atoms with E-state index in [1.165, 1.54) is 4.88 Å². The summed E-state index contributed by atoms with van der Waals surface area (Å²) in [4.78, 5) is 15.5. The molecule has 0 aliphatic carbocycles. The largest absolute Gasteiger partial charge is 0.327 e. The Bertz CT molecular complexity index is 670. The standard InChI is InChI=1S/C18H18N2OS/c21-18(19-12-4-9-15-7-2-1-3-8-15)20-13-5-10-16(20)17-11-6-14-22-17/h1-3,6-8,11,14,16H,5,10,12-13H2,(H,19,21)/t16-/m0/s1. The van der Waals surface area contributed by atoms with Crippen LogP contribution in [0.2, 0.25) is 0 Å². The minimum atomic E-state index is -0.0155. The summed E-state index contributed by atoms with van der Waals surface area (Å²) in [7, 11) is 0. The summed E-state index contributed by atoms with van der Waals surface area (Å²) in [5.74, 6) is 6.05. The van der Waals surface area contributed by atoms with Crippen molar-refractivity contribution in [2.75, 3.05) is 13.1 Å². The summed E-state index contributed by atoms with van der Waals surface area (Å²) >= 11 is 1.72. The molecule has 2 heterocycles. The second-order valence-corrected chi connectivity index (χ2v) is 6.17. The van der Waals surface area contributed by atoms with Gasteiger partial charge in [0.05, 0.1) is 12.6 Å². The molecule has 4 heteroatoms. The summed E-state index contributed by atoms with van der Waals surface area (Å²) < 4.78 is 0. The molecule has 0 unspecified atom stereocenters. The molecule has 0 spiro atoms. The molecule has 0 radical (unpaired) electrons. The van der Waals surface area contributed by atoms with Crippen molar-refractivity contribution in [3.8, 4) is 11.8 Å². The molecule has 1 saturated heterocycles. The predicted molar refractivity (Wildman–Crippen MR) is 89.7 cm³/mol. The van der Waals surface area contributed by atoms with Crippen molar-refractivity contribution in [3.05, 3.63) is 58.3 Å². The molecule has 1 aliphatic rings. The molecule has 1 fully saturated rings. The SMILES string of the molecule is O=C(NCC#Cc1ccccc1)N1CCC[C@H]1c1cccs1. The zero-order chi connectivity index (χ0) is 15.2. The highest BCUT2D eigenvalue weighted by atomic mass is 32.1. The van der Waals surface area contributed by atoms with Crippen LogP contribution in [0, 0.1) is 11.8 Å². The van der Waals surface area contributed by atoms with E-state index in [0.717, 1.165) is 24.9 Å². The Morgan fingerprint density at radius 1 is 1.27 bits per heavy atom. The van der Waals surface area contributed by atoms with Crippen molar-refractivity contribution in [1.29, 1.82) is 0 Å². The molecule has 22 heavy (non-hydrogen) atoms. The van der Waals surface area contributed by atoms with Crippen molar-refractivity contribution in [1.82, 2.24) is 10.2 Å². The Morgan fingerprint density at radius 3 is 2.91 bits per heavy atom. The van der Waals surface area contributed by atoms with Gasteiger partial charge >= 0.3 is 6.03 Å². The number of hydrogen-bond acceptors (Lipinski definition) is 2. The molecule has 1 N–H and O–H groups in total. The topological polar surface area (TPSA) is 32.3 Å². The number of thiophene rings is 1. The lowest BCUT2D eigenvalue weighted by Gasteiger charge is -2.23. The number of amides is 2. The quantitative estimate of drug-likeness (QED) is 0.844. The number of carbonyl (C=O) groups is 1. The molecule has 2 aromatic rings. The molecule has 0 bridgehead atoms. The Labute approximate surface area is 135 Å². The number of nitrogens with one attached hydrogen (secondary N) is 1. The molecule has 2 amide bonds. The van der Waals surface area contributed by atoms with Crippen LogP contribution in [-0.2, 0) is 0 Å². The maximum Gasteiger partial charge on any atom is 0.318 e. The zero-order valence-electron chi connectivity index (χ0n) is 12.3. The van der Waals surface area contributed by atoms with Crippen LogP contribution in [0.15, 0.2) is 47.8 Å². The van der Waals surface area contributed by atoms with E-state index in [1.807, 2.05) is 41.3 Å². The van der Waals surface area contributed by atoms with E-state index >= 15 is 0 Å². The lowest BCUT2D eigenvalue weighted by atomic mass is 10.2. The van der Waals surface area contributed by atoms with Crippen molar-refractivity contribution >= 4 is 17.4 Å². The van der Waals surface area contributed by atoms with Gasteiger partial charge in [-0.3, -0.25) is 0 Å². The van der Waals surface area contributed by atoms with Crippen LogP contribution < -0.4 is 5.32 Å². The zero-order valence-corrected chi connectivity index (χ0v) is 13.1. The van der Waals surface area contributed by atoms with Gasteiger partial charge in [-0.05, 0) is 36.4 Å². The minimum absolute atomic E-state index is 0.0155. The molecule has 1 aliphatic heterocycles. The Hall–Kier alpha value is -2.25. The molecule has 1 aromatic carbocycles.